The van der Waals surface area contributed by atoms with E-state index >= 15 is 0 Å². The second-order valence-electron chi connectivity index (χ2n) is 3.48. The molecule has 1 rings (SSSR count). The summed E-state index contributed by atoms with van der Waals surface area (Å²) in [5, 5.41) is 8.70. The summed E-state index contributed by atoms with van der Waals surface area (Å²) in [5.74, 6) is -0.237. The highest BCUT2D eigenvalue weighted by Crippen LogP contribution is 2.14. The molecule has 0 heterocycles. The number of ether oxygens (including phenoxy) is 1. The summed E-state index contributed by atoms with van der Waals surface area (Å²) in [6.07, 6.45) is 0. The molecule has 0 aromatic heterocycles. The van der Waals surface area contributed by atoms with Gasteiger partial charge in [-0.25, -0.2) is 0 Å². The average Bonchev–Trinajstić information content (AvgIpc) is 2.36. The second kappa shape index (κ2) is 6.54. The van der Waals surface area contributed by atoms with Gasteiger partial charge in [-0.3, -0.25) is 4.79 Å². The Bertz CT molecular complexity index is 406. The van der Waals surface area contributed by atoms with Crippen molar-refractivity contribution in [1.29, 1.82) is 5.26 Å². The van der Waals surface area contributed by atoms with Gasteiger partial charge in [-0.05, 0) is 38.1 Å². The maximum atomic E-state index is 11.4. The van der Waals surface area contributed by atoms with Crippen molar-refractivity contribution in [3.05, 3.63) is 29.8 Å². The lowest BCUT2D eigenvalue weighted by Crippen LogP contribution is -2.30. The van der Waals surface area contributed by atoms with Crippen molar-refractivity contribution in [2.24, 2.45) is 0 Å². The molecule has 0 atom stereocenters. The van der Waals surface area contributed by atoms with E-state index in [1.807, 2.05) is 24.0 Å². The molecule has 1 aromatic rings. The van der Waals surface area contributed by atoms with E-state index in [-0.39, 0.29) is 12.5 Å². The van der Waals surface area contributed by atoms with Crippen LogP contribution in [0.2, 0.25) is 0 Å². The fourth-order valence-electron chi connectivity index (χ4n) is 1.49. The Morgan fingerprint density at radius 3 is 2.47 bits per heavy atom. The van der Waals surface area contributed by atoms with Crippen molar-refractivity contribution in [3.8, 4) is 6.07 Å². The van der Waals surface area contributed by atoms with E-state index in [0.29, 0.717) is 18.7 Å². The molecule has 0 unspecified atom stereocenters. The quantitative estimate of drug-likeness (QED) is 0.728. The van der Waals surface area contributed by atoms with Crippen molar-refractivity contribution in [3.63, 3.8) is 0 Å². The molecular weight excluding hydrogens is 216 g/mol. The van der Waals surface area contributed by atoms with Gasteiger partial charge in [-0.2, -0.15) is 5.26 Å². The molecule has 0 N–H and O–H groups in total. The zero-order chi connectivity index (χ0) is 12.7. The molecule has 4 heteroatoms. The predicted octanol–water partition coefficient (Wildman–Crippen LogP) is 1.95. The zero-order valence-electron chi connectivity index (χ0n) is 10.1. The van der Waals surface area contributed by atoms with E-state index in [1.165, 1.54) is 0 Å². The van der Waals surface area contributed by atoms with Crippen molar-refractivity contribution >= 4 is 11.7 Å². The number of carbonyl (C=O) groups excluding carboxylic acids is 1. The van der Waals surface area contributed by atoms with Gasteiger partial charge < -0.3 is 9.64 Å². The van der Waals surface area contributed by atoms with Crippen LogP contribution in [0.5, 0.6) is 0 Å². The van der Waals surface area contributed by atoms with Crippen LogP contribution in [0.1, 0.15) is 19.4 Å². The van der Waals surface area contributed by atoms with Crippen LogP contribution >= 0.6 is 0 Å². The Balaban J connectivity index is 2.72. The maximum Gasteiger partial charge on any atom is 0.325 e. The molecule has 0 aliphatic carbocycles. The monoisotopic (exact) mass is 232 g/mol. The number of likely N-dealkylation sites (N-methyl/N-ethyl adjacent to an activating group) is 1. The molecular formula is C13H16N2O2. The fraction of sp³-hybridized carbons (Fsp3) is 0.385. The highest BCUT2D eigenvalue weighted by molar-refractivity contribution is 5.75. The summed E-state index contributed by atoms with van der Waals surface area (Å²) in [5.41, 5.74) is 1.53. The number of esters is 1. The minimum absolute atomic E-state index is 0.232. The first-order valence-corrected chi connectivity index (χ1v) is 5.62. The molecule has 17 heavy (non-hydrogen) atoms. The van der Waals surface area contributed by atoms with E-state index in [9.17, 15) is 4.79 Å². The van der Waals surface area contributed by atoms with Gasteiger partial charge in [-0.1, -0.05) is 0 Å². The smallest absolute Gasteiger partial charge is 0.325 e. The molecule has 0 fully saturated rings. The second-order valence-corrected chi connectivity index (χ2v) is 3.48. The summed E-state index contributed by atoms with van der Waals surface area (Å²) in [6, 6.07) is 9.21. The van der Waals surface area contributed by atoms with Gasteiger partial charge >= 0.3 is 5.97 Å². The van der Waals surface area contributed by atoms with Crippen molar-refractivity contribution in [2.45, 2.75) is 13.8 Å². The molecule has 0 saturated heterocycles. The van der Waals surface area contributed by atoms with Gasteiger partial charge in [0.25, 0.3) is 0 Å². The van der Waals surface area contributed by atoms with Gasteiger partial charge in [0.1, 0.15) is 6.54 Å². The molecule has 0 saturated carbocycles. The van der Waals surface area contributed by atoms with Gasteiger partial charge in [0.2, 0.25) is 0 Å². The average molecular weight is 232 g/mol. The Kier molecular flexibility index (Phi) is 5.02. The highest BCUT2D eigenvalue weighted by atomic mass is 16.5. The number of carbonyl (C=O) groups is 1. The minimum atomic E-state index is -0.237. The van der Waals surface area contributed by atoms with Gasteiger partial charge in [0.05, 0.1) is 18.2 Å². The summed E-state index contributed by atoms with van der Waals surface area (Å²) < 4.78 is 4.91. The lowest BCUT2D eigenvalue weighted by atomic mass is 10.2. The van der Waals surface area contributed by atoms with Crippen molar-refractivity contribution < 1.29 is 9.53 Å². The van der Waals surface area contributed by atoms with E-state index in [4.69, 9.17) is 10.00 Å². The third kappa shape index (κ3) is 3.80. The lowest BCUT2D eigenvalue weighted by Gasteiger charge is -2.21. The van der Waals surface area contributed by atoms with E-state index in [0.717, 1.165) is 5.69 Å². The van der Waals surface area contributed by atoms with Crippen molar-refractivity contribution in [2.75, 3.05) is 24.6 Å². The van der Waals surface area contributed by atoms with E-state index < -0.39 is 0 Å². The normalized spacial score (nSPS) is 9.47. The summed E-state index contributed by atoms with van der Waals surface area (Å²) in [4.78, 5) is 13.3. The molecule has 0 amide bonds. The molecule has 0 radical (unpaired) electrons. The lowest BCUT2D eigenvalue weighted by molar-refractivity contribution is -0.141. The van der Waals surface area contributed by atoms with Crippen LogP contribution in [-0.2, 0) is 9.53 Å². The Morgan fingerprint density at radius 1 is 1.35 bits per heavy atom. The largest absolute Gasteiger partial charge is 0.465 e. The molecule has 1 aromatic carbocycles. The first-order chi connectivity index (χ1) is 8.21. The van der Waals surface area contributed by atoms with Crippen LogP contribution in [0.4, 0.5) is 5.69 Å². The Labute approximate surface area is 101 Å². The standard InChI is InChI=1S/C13H16N2O2/c1-3-15(10-13(16)17-4-2)12-7-5-11(9-14)6-8-12/h5-8H,3-4,10H2,1-2H3. The van der Waals surface area contributed by atoms with E-state index in [2.05, 4.69) is 6.07 Å². The highest BCUT2D eigenvalue weighted by Gasteiger charge is 2.10. The molecule has 4 nitrogen and oxygen atoms in total. The molecule has 0 aliphatic rings. The minimum Gasteiger partial charge on any atom is -0.465 e. The van der Waals surface area contributed by atoms with Crippen LogP contribution in [0.15, 0.2) is 24.3 Å². The molecule has 0 spiro atoms. The topological polar surface area (TPSA) is 53.3 Å². The number of nitriles is 1. The van der Waals surface area contributed by atoms with Gasteiger partial charge in [0.15, 0.2) is 0 Å². The van der Waals surface area contributed by atoms with Crippen LogP contribution in [0.25, 0.3) is 0 Å². The van der Waals surface area contributed by atoms with Crippen LogP contribution < -0.4 is 4.90 Å². The Morgan fingerprint density at radius 2 is 2.00 bits per heavy atom. The third-order valence-corrected chi connectivity index (χ3v) is 2.37. The third-order valence-electron chi connectivity index (χ3n) is 2.37. The number of anilines is 1. The summed E-state index contributed by atoms with van der Waals surface area (Å²) >= 11 is 0. The van der Waals surface area contributed by atoms with Crippen LogP contribution in [0.3, 0.4) is 0 Å². The molecule has 90 valence electrons. The van der Waals surface area contributed by atoms with E-state index in [1.54, 1.807) is 19.1 Å². The van der Waals surface area contributed by atoms with Gasteiger partial charge in [0, 0.05) is 12.2 Å². The number of nitrogens with zero attached hydrogens (tertiary/aromatic N) is 2. The molecule has 0 aliphatic heterocycles. The SMILES string of the molecule is CCOC(=O)CN(CC)c1ccc(C#N)cc1. The first-order valence-electron chi connectivity index (χ1n) is 5.62. The fourth-order valence-corrected chi connectivity index (χ4v) is 1.49. The first kappa shape index (κ1) is 13.0. The zero-order valence-corrected chi connectivity index (χ0v) is 10.1. The number of hydrogen-bond acceptors (Lipinski definition) is 4. The number of hydrogen-bond donors (Lipinski definition) is 0. The number of rotatable bonds is 5. The van der Waals surface area contributed by atoms with Crippen molar-refractivity contribution in [1.82, 2.24) is 0 Å². The summed E-state index contributed by atoms with van der Waals surface area (Å²) in [7, 11) is 0. The number of benzene rings is 1. The van der Waals surface area contributed by atoms with Crippen LogP contribution in [0, 0.1) is 11.3 Å². The Hall–Kier alpha value is -2.02. The van der Waals surface area contributed by atoms with Crippen LogP contribution in [-0.4, -0.2) is 25.7 Å². The predicted molar refractivity (Wildman–Crippen MR) is 65.7 cm³/mol. The van der Waals surface area contributed by atoms with Gasteiger partial charge in [-0.15, -0.1) is 0 Å². The maximum absolute atomic E-state index is 11.4. The molecule has 0 bridgehead atoms. The summed E-state index contributed by atoms with van der Waals surface area (Å²) in [6.45, 7) is 5.10.